The molecule has 1 amide bonds. The van der Waals surface area contributed by atoms with Crippen LogP contribution >= 0.6 is 0 Å². The Kier molecular flexibility index (Phi) is 1.98. The van der Waals surface area contributed by atoms with Crippen LogP contribution in [0, 0.1) is 5.92 Å². The van der Waals surface area contributed by atoms with Gasteiger partial charge in [0.1, 0.15) is 0 Å². The number of hydrogen-bond acceptors (Lipinski definition) is 1. The molecule has 0 bridgehead atoms. The lowest BCUT2D eigenvalue weighted by Gasteiger charge is -2.16. The zero-order valence-corrected chi connectivity index (χ0v) is 7.05. The van der Waals surface area contributed by atoms with Crippen molar-refractivity contribution < 1.29 is 4.79 Å². The van der Waals surface area contributed by atoms with Crippen LogP contribution in [0.15, 0.2) is 23.8 Å². The maximum Gasteiger partial charge on any atom is 0.220 e. The van der Waals surface area contributed by atoms with Crippen molar-refractivity contribution in [2.75, 3.05) is 6.54 Å². The van der Waals surface area contributed by atoms with Crippen LogP contribution in [0.1, 0.15) is 19.3 Å². The minimum atomic E-state index is 0.207. The highest BCUT2D eigenvalue weighted by molar-refractivity contribution is 5.77. The summed E-state index contributed by atoms with van der Waals surface area (Å²) in [6, 6.07) is 0. The van der Waals surface area contributed by atoms with Crippen molar-refractivity contribution >= 4 is 5.91 Å². The average Bonchev–Trinajstić information content (AvgIpc) is 2.25. The third-order valence-corrected chi connectivity index (χ3v) is 2.56. The number of carbonyl (C=O) groups is 1. The summed E-state index contributed by atoms with van der Waals surface area (Å²) >= 11 is 0. The molecular formula is C10H13NO. The summed E-state index contributed by atoms with van der Waals surface area (Å²) in [6.07, 6.45) is 9.15. The Bertz CT molecular complexity index is 253. The van der Waals surface area contributed by atoms with Crippen LogP contribution in [0.3, 0.4) is 0 Å². The van der Waals surface area contributed by atoms with E-state index in [9.17, 15) is 4.79 Å². The molecule has 0 aromatic rings. The maximum absolute atomic E-state index is 11.2. The van der Waals surface area contributed by atoms with Crippen molar-refractivity contribution in [3.05, 3.63) is 23.8 Å². The number of nitrogens with one attached hydrogen (secondary N) is 1. The van der Waals surface area contributed by atoms with Crippen molar-refractivity contribution in [2.45, 2.75) is 19.3 Å². The lowest BCUT2D eigenvalue weighted by molar-refractivity contribution is -0.121. The van der Waals surface area contributed by atoms with Crippen molar-refractivity contribution in [3.8, 4) is 0 Å². The molecule has 0 spiro atoms. The van der Waals surface area contributed by atoms with E-state index in [1.54, 1.807) is 0 Å². The number of carbonyl (C=O) groups excluding carboxylic acids is 1. The topological polar surface area (TPSA) is 29.1 Å². The lowest BCUT2D eigenvalue weighted by Crippen LogP contribution is -2.22. The van der Waals surface area contributed by atoms with Gasteiger partial charge in [-0.15, -0.1) is 0 Å². The molecule has 0 saturated carbocycles. The van der Waals surface area contributed by atoms with Crippen LogP contribution < -0.4 is 5.32 Å². The minimum absolute atomic E-state index is 0.207. The molecule has 1 aliphatic heterocycles. The normalized spacial score (nSPS) is 28.5. The minimum Gasteiger partial charge on any atom is -0.356 e. The lowest BCUT2D eigenvalue weighted by atomic mass is 9.88. The highest BCUT2D eigenvalue weighted by Crippen LogP contribution is 2.27. The fraction of sp³-hybridized carbons (Fsp3) is 0.500. The standard InChI is InChI=1S/C10H13NO/c12-10-7-9-4-2-1-3-8(9)5-6-11-10/h1-3,9H,4-7H2,(H,11,12). The van der Waals surface area contributed by atoms with Crippen molar-refractivity contribution in [3.63, 3.8) is 0 Å². The molecule has 1 fully saturated rings. The van der Waals surface area contributed by atoms with E-state index in [1.807, 2.05) is 0 Å². The Balaban J connectivity index is 2.16. The molecule has 1 atom stereocenters. The van der Waals surface area contributed by atoms with E-state index in [2.05, 4.69) is 23.5 Å². The van der Waals surface area contributed by atoms with E-state index in [0.29, 0.717) is 12.3 Å². The maximum atomic E-state index is 11.2. The van der Waals surface area contributed by atoms with Gasteiger partial charge in [0.15, 0.2) is 0 Å². The quantitative estimate of drug-likeness (QED) is 0.574. The third-order valence-electron chi connectivity index (χ3n) is 2.56. The fourth-order valence-electron chi connectivity index (χ4n) is 1.87. The van der Waals surface area contributed by atoms with Crippen LogP contribution in [0.25, 0.3) is 0 Å². The Labute approximate surface area is 72.3 Å². The average molecular weight is 163 g/mol. The SMILES string of the molecule is O=C1CC2CC=CC=C2CCN1. The second-order valence-electron chi connectivity index (χ2n) is 3.41. The molecule has 2 rings (SSSR count). The third kappa shape index (κ3) is 1.42. The largest absolute Gasteiger partial charge is 0.356 e. The monoisotopic (exact) mass is 163 g/mol. The molecule has 0 aromatic heterocycles. The van der Waals surface area contributed by atoms with Crippen molar-refractivity contribution in [1.29, 1.82) is 0 Å². The summed E-state index contributed by atoms with van der Waals surface area (Å²) in [5, 5.41) is 2.89. The molecule has 0 radical (unpaired) electrons. The van der Waals surface area contributed by atoms with Gasteiger partial charge in [-0.2, -0.15) is 0 Å². The summed E-state index contributed by atoms with van der Waals surface area (Å²) in [7, 11) is 0. The van der Waals surface area contributed by atoms with Gasteiger partial charge in [-0.3, -0.25) is 4.79 Å². The van der Waals surface area contributed by atoms with E-state index in [-0.39, 0.29) is 5.91 Å². The molecule has 2 heteroatoms. The van der Waals surface area contributed by atoms with Crippen LogP contribution in [-0.2, 0) is 4.79 Å². The highest BCUT2D eigenvalue weighted by Gasteiger charge is 2.21. The highest BCUT2D eigenvalue weighted by atomic mass is 16.1. The van der Waals surface area contributed by atoms with Crippen molar-refractivity contribution in [1.82, 2.24) is 5.32 Å². The number of rotatable bonds is 0. The molecule has 1 saturated heterocycles. The molecule has 12 heavy (non-hydrogen) atoms. The zero-order chi connectivity index (χ0) is 8.39. The van der Waals surface area contributed by atoms with Crippen molar-refractivity contribution in [2.24, 2.45) is 5.92 Å². The first kappa shape index (κ1) is 7.59. The number of allylic oxidation sites excluding steroid dienone is 3. The Morgan fingerprint density at radius 2 is 2.42 bits per heavy atom. The fourth-order valence-corrected chi connectivity index (χ4v) is 1.87. The number of hydrogen-bond donors (Lipinski definition) is 1. The molecular weight excluding hydrogens is 150 g/mol. The van der Waals surface area contributed by atoms with Crippen LogP contribution in [-0.4, -0.2) is 12.5 Å². The molecule has 2 aliphatic rings. The van der Waals surface area contributed by atoms with E-state index in [0.717, 1.165) is 19.4 Å². The Morgan fingerprint density at radius 3 is 3.33 bits per heavy atom. The van der Waals surface area contributed by atoms with E-state index >= 15 is 0 Å². The van der Waals surface area contributed by atoms with Crippen LogP contribution in [0.4, 0.5) is 0 Å². The van der Waals surface area contributed by atoms with Gasteiger partial charge in [0, 0.05) is 13.0 Å². The molecule has 64 valence electrons. The Morgan fingerprint density at radius 1 is 1.50 bits per heavy atom. The first-order chi connectivity index (χ1) is 5.86. The molecule has 1 unspecified atom stereocenters. The molecule has 1 heterocycles. The first-order valence-electron chi connectivity index (χ1n) is 4.48. The van der Waals surface area contributed by atoms with Gasteiger partial charge in [0.25, 0.3) is 0 Å². The summed E-state index contributed by atoms with van der Waals surface area (Å²) < 4.78 is 0. The molecule has 1 N–H and O–H groups in total. The van der Waals surface area contributed by atoms with Crippen LogP contribution in [0.2, 0.25) is 0 Å². The van der Waals surface area contributed by atoms with Gasteiger partial charge in [0.05, 0.1) is 0 Å². The molecule has 1 aliphatic carbocycles. The van der Waals surface area contributed by atoms with Gasteiger partial charge in [0.2, 0.25) is 5.91 Å². The zero-order valence-electron chi connectivity index (χ0n) is 7.05. The Hall–Kier alpha value is -1.05. The molecule has 2 nitrogen and oxygen atoms in total. The van der Waals surface area contributed by atoms with Gasteiger partial charge >= 0.3 is 0 Å². The van der Waals surface area contributed by atoms with E-state index in [1.165, 1.54) is 5.57 Å². The van der Waals surface area contributed by atoms with E-state index < -0.39 is 0 Å². The molecule has 0 aromatic carbocycles. The summed E-state index contributed by atoms with van der Waals surface area (Å²) in [5.74, 6) is 0.691. The smallest absolute Gasteiger partial charge is 0.220 e. The van der Waals surface area contributed by atoms with Gasteiger partial charge in [-0.05, 0) is 18.8 Å². The van der Waals surface area contributed by atoms with Gasteiger partial charge in [-0.1, -0.05) is 23.8 Å². The first-order valence-corrected chi connectivity index (χ1v) is 4.48. The second-order valence-corrected chi connectivity index (χ2v) is 3.41. The van der Waals surface area contributed by atoms with E-state index in [4.69, 9.17) is 0 Å². The summed E-state index contributed by atoms with van der Waals surface area (Å²) in [5.41, 5.74) is 1.44. The predicted molar refractivity (Wildman–Crippen MR) is 47.6 cm³/mol. The van der Waals surface area contributed by atoms with Gasteiger partial charge in [-0.25, -0.2) is 0 Å². The number of amides is 1. The number of fused-ring (bicyclic) bond motifs is 1. The summed E-state index contributed by atoms with van der Waals surface area (Å²) in [4.78, 5) is 11.2. The van der Waals surface area contributed by atoms with Crippen LogP contribution in [0.5, 0.6) is 0 Å². The predicted octanol–water partition coefficient (Wildman–Crippen LogP) is 1.40. The second kappa shape index (κ2) is 3.13. The summed E-state index contributed by atoms with van der Waals surface area (Å²) in [6.45, 7) is 0.814. The van der Waals surface area contributed by atoms with Gasteiger partial charge < -0.3 is 5.32 Å².